The molecule has 0 N–H and O–H groups in total. The van der Waals surface area contributed by atoms with Crippen LogP contribution in [0.2, 0.25) is 0 Å². The fourth-order valence-electron chi connectivity index (χ4n) is 1.95. The standard InChI is InChI=1S/C10H8F3N7O2/c1-19-7-6(4(17-19)3-5(21)22-2)15-16-9-14-8(10(11,12)13)18-20(7)9/h3H2,1-2H3. The molecule has 0 amide bonds. The summed E-state index contributed by atoms with van der Waals surface area (Å²) >= 11 is 0. The third-order valence-corrected chi connectivity index (χ3v) is 2.89. The van der Waals surface area contributed by atoms with Crippen molar-refractivity contribution < 1.29 is 22.7 Å². The lowest BCUT2D eigenvalue weighted by Gasteiger charge is -1.97. The van der Waals surface area contributed by atoms with Crippen LogP contribution in [-0.2, 0) is 29.2 Å². The summed E-state index contributed by atoms with van der Waals surface area (Å²) in [6, 6.07) is 0. The second-order valence-corrected chi connectivity index (χ2v) is 4.34. The average molecular weight is 315 g/mol. The maximum Gasteiger partial charge on any atom is 0.453 e. The summed E-state index contributed by atoms with van der Waals surface area (Å²) in [5.41, 5.74) is 0.522. The minimum atomic E-state index is -4.70. The van der Waals surface area contributed by atoms with Gasteiger partial charge in [-0.1, -0.05) is 0 Å². The number of aryl methyl sites for hydroxylation is 1. The molecule has 0 aliphatic rings. The average Bonchev–Trinajstić information content (AvgIpc) is 3.00. The van der Waals surface area contributed by atoms with Gasteiger partial charge in [0.25, 0.3) is 11.6 Å². The molecule has 9 nitrogen and oxygen atoms in total. The fourth-order valence-corrected chi connectivity index (χ4v) is 1.95. The third-order valence-electron chi connectivity index (χ3n) is 2.89. The maximum absolute atomic E-state index is 12.7. The van der Waals surface area contributed by atoms with E-state index in [1.165, 1.54) is 18.8 Å². The molecule has 0 aliphatic heterocycles. The molecule has 0 saturated heterocycles. The van der Waals surface area contributed by atoms with E-state index in [1.807, 2.05) is 0 Å². The lowest BCUT2D eigenvalue weighted by atomic mass is 10.3. The Morgan fingerprint density at radius 1 is 1.27 bits per heavy atom. The number of hydrogen-bond acceptors (Lipinski definition) is 7. The van der Waals surface area contributed by atoms with E-state index in [0.717, 1.165) is 4.52 Å². The molecule has 0 aliphatic carbocycles. The fraction of sp³-hybridized carbons (Fsp3) is 0.400. The van der Waals surface area contributed by atoms with Crippen molar-refractivity contribution in [1.29, 1.82) is 0 Å². The highest BCUT2D eigenvalue weighted by Gasteiger charge is 2.37. The lowest BCUT2D eigenvalue weighted by molar-refractivity contribution is -0.144. The number of aromatic nitrogens is 7. The summed E-state index contributed by atoms with van der Waals surface area (Å²) in [4.78, 5) is 14.6. The zero-order chi connectivity index (χ0) is 16.1. The zero-order valence-corrected chi connectivity index (χ0v) is 11.3. The van der Waals surface area contributed by atoms with E-state index in [2.05, 4.69) is 30.1 Å². The number of alkyl halides is 3. The first-order valence-corrected chi connectivity index (χ1v) is 5.90. The highest BCUT2D eigenvalue weighted by atomic mass is 19.4. The molecule has 0 saturated carbocycles. The van der Waals surface area contributed by atoms with Crippen molar-refractivity contribution in [3.05, 3.63) is 11.5 Å². The van der Waals surface area contributed by atoms with Gasteiger partial charge in [-0.05, 0) is 0 Å². The third kappa shape index (κ3) is 2.12. The van der Waals surface area contributed by atoms with Crippen molar-refractivity contribution in [2.45, 2.75) is 12.6 Å². The van der Waals surface area contributed by atoms with Crippen LogP contribution in [0.4, 0.5) is 13.2 Å². The number of esters is 1. The van der Waals surface area contributed by atoms with Crippen LogP contribution in [0.3, 0.4) is 0 Å². The molecule has 3 heterocycles. The predicted molar refractivity (Wildman–Crippen MR) is 63.6 cm³/mol. The summed E-state index contributed by atoms with van der Waals surface area (Å²) in [5, 5.41) is 14.8. The molecule has 0 atom stereocenters. The van der Waals surface area contributed by atoms with Gasteiger partial charge in [-0.15, -0.1) is 15.3 Å². The van der Waals surface area contributed by atoms with Crippen LogP contribution in [0.25, 0.3) is 16.9 Å². The van der Waals surface area contributed by atoms with Crippen LogP contribution in [0.15, 0.2) is 0 Å². The lowest BCUT2D eigenvalue weighted by Crippen LogP contribution is -2.08. The molecule has 0 unspecified atom stereocenters. The van der Waals surface area contributed by atoms with Crippen LogP contribution in [0, 0.1) is 0 Å². The van der Waals surface area contributed by atoms with Crippen LogP contribution < -0.4 is 0 Å². The van der Waals surface area contributed by atoms with Gasteiger partial charge >= 0.3 is 12.1 Å². The molecule has 0 bridgehead atoms. The van der Waals surface area contributed by atoms with E-state index in [0.29, 0.717) is 0 Å². The van der Waals surface area contributed by atoms with Crippen LogP contribution >= 0.6 is 0 Å². The highest BCUT2D eigenvalue weighted by molar-refractivity contribution is 5.81. The molecular formula is C10H8F3N7O2. The number of carbonyl (C=O) groups is 1. The van der Waals surface area contributed by atoms with Crippen molar-refractivity contribution in [2.75, 3.05) is 7.11 Å². The number of methoxy groups -OCH3 is 1. The van der Waals surface area contributed by atoms with E-state index < -0.39 is 18.0 Å². The first-order valence-electron chi connectivity index (χ1n) is 5.90. The van der Waals surface area contributed by atoms with Gasteiger partial charge in [0.1, 0.15) is 5.69 Å². The Morgan fingerprint density at radius 2 is 2.00 bits per heavy atom. The van der Waals surface area contributed by atoms with Crippen molar-refractivity contribution in [3.8, 4) is 0 Å². The molecule has 3 rings (SSSR count). The Bertz CT molecular complexity index is 882. The van der Waals surface area contributed by atoms with Crippen molar-refractivity contribution in [3.63, 3.8) is 0 Å². The summed E-state index contributed by atoms with van der Waals surface area (Å²) in [6.07, 6.45) is -4.89. The predicted octanol–water partition coefficient (Wildman–Crippen LogP) is 0.140. The van der Waals surface area contributed by atoms with Gasteiger partial charge in [0.15, 0.2) is 11.2 Å². The van der Waals surface area contributed by atoms with Gasteiger partial charge in [-0.25, -0.2) is 4.68 Å². The summed E-state index contributed by atoms with van der Waals surface area (Å²) < 4.78 is 44.7. The second-order valence-electron chi connectivity index (χ2n) is 4.34. The monoisotopic (exact) mass is 315 g/mol. The molecule has 0 radical (unpaired) electrons. The van der Waals surface area contributed by atoms with E-state index in [4.69, 9.17) is 0 Å². The first-order chi connectivity index (χ1) is 10.3. The van der Waals surface area contributed by atoms with E-state index >= 15 is 0 Å². The molecule has 0 aromatic carbocycles. The molecule has 22 heavy (non-hydrogen) atoms. The van der Waals surface area contributed by atoms with Crippen LogP contribution in [0.5, 0.6) is 0 Å². The SMILES string of the molecule is COC(=O)Cc1nn(C)c2c1nnc1nc(C(F)(F)F)nn12. The van der Waals surface area contributed by atoms with Crippen LogP contribution in [-0.4, -0.2) is 47.7 Å². The van der Waals surface area contributed by atoms with Gasteiger partial charge in [-0.2, -0.15) is 27.8 Å². The number of hydrogen-bond donors (Lipinski definition) is 0. The van der Waals surface area contributed by atoms with Gasteiger partial charge in [-0.3, -0.25) is 4.79 Å². The van der Waals surface area contributed by atoms with Crippen LogP contribution in [0.1, 0.15) is 11.5 Å². The van der Waals surface area contributed by atoms with Gasteiger partial charge < -0.3 is 4.74 Å². The minimum Gasteiger partial charge on any atom is -0.469 e. The minimum absolute atomic E-state index is 0.145. The van der Waals surface area contributed by atoms with Crippen molar-refractivity contribution in [1.82, 2.24) is 34.6 Å². The number of fused-ring (bicyclic) bond motifs is 3. The number of halogens is 3. The number of carbonyl (C=O) groups excluding carboxylic acids is 1. The highest BCUT2D eigenvalue weighted by Crippen LogP contribution is 2.27. The Kier molecular flexibility index (Phi) is 2.97. The van der Waals surface area contributed by atoms with E-state index in [1.54, 1.807) is 0 Å². The molecule has 3 aromatic heterocycles. The van der Waals surface area contributed by atoms with Crippen molar-refractivity contribution in [2.24, 2.45) is 7.05 Å². The Balaban J connectivity index is 2.24. The van der Waals surface area contributed by atoms with E-state index in [9.17, 15) is 18.0 Å². The van der Waals surface area contributed by atoms with Gasteiger partial charge in [0, 0.05) is 7.05 Å². The Morgan fingerprint density at radius 3 is 2.64 bits per heavy atom. The topological polar surface area (TPSA) is 100 Å². The number of rotatable bonds is 2. The molecule has 12 heteroatoms. The second kappa shape index (κ2) is 4.61. The number of ether oxygens (including phenoxy) is 1. The largest absolute Gasteiger partial charge is 0.469 e. The normalized spacial score (nSPS) is 12.2. The van der Waals surface area contributed by atoms with Gasteiger partial charge in [0.05, 0.1) is 13.5 Å². The molecule has 0 spiro atoms. The number of nitrogens with zero attached hydrogens (tertiary/aromatic N) is 7. The van der Waals surface area contributed by atoms with Crippen molar-refractivity contribution >= 4 is 22.9 Å². The summed E-state index contributed by atoms with van der Waals surface area (Å²) in [5.74, 6) is -2.20. The molecule has 0 fully saturated rings. The Labute approximate surface area is 119 Å². The Hall–Kier alpha value is -2.79. The molecule has 3 aromatic rings. The first kappa shape index (κ1) is 14.2. The smallest absolute Gasteiger partial charge is 0.453 e. The zero-order valence-electron chi connectivity index (χ0n) is 11.3. The molecular weight excluding hydrogens is 307 g/mol. The van der Waals surface area contributed by atoms with Gasteiger partial charge in [0.2, 0.25) is 0 Å². The van der Waals surface area contributed by atoms with E-state index in [-0.39, 0.29) is 29.1 Å². The summed E-state index contributed by atoms with van der Waals surface area (Å²) in [7, 11) is 2.70. The maximum atomic E-state index is 12.7. The quantitative estimate of drug-likeness (QED) is 0.620. The summed E-state index contributed by atoms with van der Waals surface area (Å²) in [6.45, 7) is 0. The molecule has 116 valence electrons.